The van der Waals surface area contributed by atoms with Crippen LogP contribution in [0.3, 0.4) is 0 Å². The van der Waals surface area contributed by atoms with Crippen molar-refractivity contribution in [3.8, 4) is 11.5 Å². The van der Waals surface area contributed by atoms with Crippen LogP contribution in [-0.4, -0.2) is 34.4 Å². The third-order valence-corrected chi connectivity index (χ3v) is 3.36. The van der Waals surface area contributed by atoms with Crippen LogP contribution in [-0.2, 0) is 13.8 Å². The van der Waals surface area contributed by atoms with E-state index in [1.54, 1.807) is 0 Å². The second-order valence-corrected chi connectivity index (χ2v) is 5.79. The van der Waals surface area contributed by atoms with Crippen molar-refractivity contribution in [3.05, 3.63) is 22.2 Å². The molecule has 0 amide bonds. The largest absolute Gasteiger partial charge is 0.493 e. The normalized spacial score (nSPS) is 11.1. The highest BCUT2D eigenvalue weighted by Gasteiger charge is 2.26. The van der Waals surface area contributed by atoms with Gasteiger partial charge in [-0.3, -0.25) is 10.1 Å². The van der Waals surface area contributed by atoms with Crippen LogP contribution < -0.4 is 9.47 Å². The Morgan fingerprint density at radius 3 is 2.42 bits per heavy atom. The molecule has 0 bridgehead atoms. The summed E-state index contributed by atoms with van der Waals surface area (Å²) in [6.07, 6.45) is 0. The van der Waals surface area contributed by atoms with Crippen LogP contribution in [0, 0.1) is 10.1 Å². The number of hydrogen-bond donors (Lipinski definition) is 0. The van der Waals surface area contributed by atoms with E-state index in [0.29, 0.717) is 0 Å². The van der Waals surface area contributed by atoms with Crippen LogP contribution in [0.1, 0.15) is 0 Å². The summed E-state index contributed by atoms with van der Waals surface area (Å²) in [6, 6.07) is 1.82. The van der Waals surface area contributed by atoms with Crippen LogP contribution in [0.2, 0.25) is 0 Å². The number of halogens is 1. The number of benzene rings is 1. The monoisotopic (exact) mass is 311 g/mol. The number of methoxy groups -OCH3 is 2. The minimum absolute atomic E-state index is 0.134. The molecule has 106 valence electrons. The minimum atomic E-state index is -4.13. The molecule has 19 heavy (non-hydrogen) atoms. The second kappa shape index (κ2) is 6.04. The van der Waals surface area contributed by atoms with Crippen molar-refractivity contribution >= 4 is 25.4 Å². The first-order valence-corrected chi connectivity index (χ1v) is 7.05. The molecule has 0 radical (unpaired) electrons. The molecule has 0 aliphatic rings. The van der Waals surface area contributed by atoms with Gasteiger partial charge in [-0.2, -0.15) is 0 Å². The van der Waals surface area contributed by atoms with E-state index < -0.39 is 24.6 Å². The van der Waals surface area contributed by atoms with E-state index in [1.165, 1.54) is 14.2 Å². The number of nitro groups is 1. The van der Waals surface area contributed by atoms with E-state index in [0.717, 1.165) is 12.1 Å². The number of ether oxygens (including phenoxy) is 3. The maximum absolute atomic E-state index is 11.2. The Labute approximate surface area is 113 Å². The average molecular weight is 312 g/mol. The maximum atomic E-state index is 11.2. The van der Waals surface area contributed by atoms with Crippen LogP contribution in [0.15, 0.2) is 17.0 Å². The lowest BCUT2D eigenvalue weighted by Crippen LogP contribution is -2.05. The number of rotatable bonds is 6. The summed E-state index contributed by atoms with van der Waals surface area (Å²) in [5.74, 6) is -0.371. The van der Waals surface area contributed by atoms with E-state index in [2.05, 4.69) is 4.74 Å². The van der Waals surface area contributed by atoms with Crippen molar-refractivity contribution < 1.29 is 27.6 Å². The molecule has 0 aliphatic heterocycles. The van der Waals surface area contributed by atoms with Crippen molar-refractivity contribution in [3.63, 3.8) is 0 Å². The van der Waals surface area contributed by atoms with Gasteiger partial charge in [0.1, 0.15) is 0 Å². The quantitative estimate of drug-likeness (QED) is 0.339. The molecule has 0 N–H and O–H groups in total. The fourth-order valence-corrected chi connectivity index (χ4v) is 2.02. The molecule has 0 saturated heterocycles. The van der Waals surface area contributed by atoms with E-state index in [4.69, 9.17) is 20.2 Å². The maximum Gasteiger partial charge on any atom is 0.316 e. The lowest BCUT2D eigenvalue weighted by Gasteiger charge is -2.11. The Morgan fingerprint density at radius 2 is 2.00 bits per heavy atom. The Hall–Kier alpha value is -1.58. The standard InChI is InChI=1S/C9H10ClNO7S/c1-16-5-18-9-7(11(12)13)3-6(19(10,14)15)4-8(9)17-2/h3-4H,5H2,1-2H3. The smallest absolute Gasteiger partial charge is 0.316 e. The third kappa shape index (κ3) is 3.69. The molecule has 0 aliphatic carbocycles. The summed E-state index contributed by atoms with van der Waals surface area (Å²) in [7, 11) is 3.56. The first kappa shape index (κ1) is 15.5. The Kier molecular flexibility index (Phi) is 4.92. The van der Waals surface area contributed by atoms with Gasteiger partial charge in [0.2, 0.25) is 5.75 Å². The summed E-state index contributed by atoms with van der Waals surface area (Å²) >= 11 is 0. The fourth-order valence-electron chi connectivity index (χ4n) is 1.25. The second-order valence-electron chi connectivity index (χ2n) is 3.22. The molecule has 1 aromatic carbocycles. The molecule has 8 nitrogen and oxygen atoms in total. The van der Waals surface area contributed by atoms with Gasteiger partial charge in [-0.1, -0.05) is 0 Å². The van der Waals surface area contributed by atoms with E-state index >= 15 is 0 Å². The fraction of sp³-hybridized carbons (Fsp3) is 0.333. The van der Waals surface area contributed by atoms with E-state index in [1.807, 2.05) is 0 Å². The zero-order valence-corrected chi connectivity index (χ0v) is 11.5. The molecule has 0 spiro atoms. The van der Waals surface area contributed by atoms with Gasteiger partial charge < -0.3 is 14.2 Å². The highest BCUT2D eigenvalue weighted by atomic mass is 35.7. The molecule has 1 aromatic rings. The van der Waals surface area contributed by atoms with Crippen molar-refractivity contribution in [2.24, 2.45) is 0 Å². The van der Waals surface area contributed by atoms with E-state index in [9.17, 15) is 18.5 Å². The molecule has 1 rings (SSSR count). The summed E-state index contributed by atoms with van der Waals surface area (Å²) in [5, 5.41) is 10.9. The van der Waals surface area contributed by atoms with Gasteiger partial charge in [0.25, 0.3) is 9.05 Å². The van der Waals surface area contributed by atoms with Crippen LogP contribution in [0.5, 0.6) is 11.5 Å². The highest BCUT2D eigenvalue weighted by Crippen LogP contribution is 2.40. The van der Waals surface area contributed by atoms with Crippen molar-refractivity contribution in [1.29, 1.82) is 0 Å². The van der Waals surface area contributed by atoms with Crippen LogP contribution >= 0.6 is 10.7 Å². The predicted molar refractivity (Wildman–Crippen MR) is 65.2 cm³/mol. The topological polar surface area (TPSA) is 105 Å². The summed E-state index contributed by atoms with van der Waals surface area (Å²) < 4.78 is 37.0. The minimum Gasteiger partial charge on any atom is -0.493 e. The van der Waals surface area contributed by atoms with Crippen molar-refractivity contribution in [1.82, 2.24) is 0 Å². The first-order chi connectivity index (χ1) is 8.81. The Balaban J connectivity index is 3.49. The molecule has 0 saturated carbocycles. The molecular weight excluding hydrogens is 302 g/mol. The summed E-state index contributed by atoms with van der Waals surface area (Å²) in [6.45, 7) is -0.260. The lowest BCUT2D eigenvalue weighted by atomic mass is 10.2. The van der Waals surface area contributed by atoms with Crippen molar-refractivity contribution in [2.45, 2.75) is 4.90 Å². The number of nitro benzene ring substituents is 1. The molecule has 0 aromatic heterocycles. The molecular formula is C9H10ClNO7S. The summed E-state index contributed by atoms with van der Waals surface area (Å²) in [4.78, 5) is 9.66. The lowest BCUT2D eigenvalue weighted by molar-refractivity contribution is -0.386. The first-order valence-electron chi connectivity index (χ1n) is 4.74. The SMILES string of the molecule is COCOc1c(OC)cc(S(=O)(=O)Cl)cc1[N+](=O)[O-]. The number of hydrogen-bond acceptors (Lipinski definition) is 7. The zero-order chi connectivity index (χ0) is 14.6. The Morgan fingerprint density at radius 1 is 1.37 bits per heavy atom. The van der Waals surface area contributed by atoms with Gasteiger partial charge in [-0.25, -0.2) is 8.42 Å². The average Bonchev–Trinajstić information content (AvgIpc) is 2.33. The number of nitrogens with zero attached hydrogens (tertiary/aromatic N) is 1. The van der Waals surface area contributed by atoms with Crippen LogP contribution in [0.25, 0.3) is 0 Å². The highest BCUT2D eigenvalue weighted by molar-refractivity contribution is 8.13. The van der Waals surface area contributed by atoms with Gasteiger partial charge in [0, 0.05) is 29.9 Å². The zero-order valence-electron chi connectivity index (χ0n) is 9.95. The van der Waals surface area contributed by atoms with Gasteiger partial charge >= 0.3 is 5.69 Å². The van der Waals surface area contributed by atoms with Crippen LogP contribution in [0.4, 0.5) is 5.69 Å². The third-order valence-electron chi connectivity index (χ3n) is 2.03. The Bertz CT molecular complexity index is 586. The van der Waals surface area contributed by atoms with E-state index in [-0.39, 0.29) is 18.3 Å². The summed E-state index contributed by atoms with van der Waals surface area (Å²) in [5.41, 5.74) is -0.587. The molecule has 0 heterocycles. The predicted octanol–water partition coefficient (Wildman–Crippen LogP) is 1.51. The molecule has 0 fully saturated rings. The molecule has 0 unspecified atom stereocenters. The molecule has 0 atom stereocenters. The molecule has 10 heteroatoms. The van der Waals surface area contributed by atoms with Gasteiger partial charge in [-0.05, 0) is 0 Å². The van der Waals surface area contributed by atoms with Gasteiger partial charge in [0.05, 0.1) is 16.9 Å². The van der Waals surface area contributed by atoms with Gasteiger partial charge in [0.15, 0.2) is 12.5 Å². The van der Waals surface area contributed by atoms with Gasteiger partial charge in [-0.15, -0.1) is 0 Å². The van der Waals surface area contributed by atoms with Crippen molar-refractivity contribution in [2.75, 3.05) is 21.0 Å².